The summed E-state index contributed by atoms with van der Waals surface area (Å²) in [7, 11) is 0. The van der Waals surface area contributed by atoms with Crippen LogP contribution in [0.25, 0.3) is 0 Å². The Morgan fingerprint density at radius 2 is 2.19 bits per heavy atom. The Balaban J connectivity index is 1.68. The number of nitrogens with zero attached hydrogens (tertiary/aromatic N) is 2. The van der Waals surface area contributed by atoms with Crippen molar-refractivity contribution in [2.24, 2.45) is 5.10 Å². The van der Waals surface area contributed by atoms with Crippen molar-refractivity contribution in [3.63, 3.8) is 0 Å². The van der Waals surface area contributed by atoms with Crippen molar-refractivity contribution in [1.82, 2.24) is 15.7 Å². The van der Waals surface area contributed by atoms with E-state index in [9.17, 15) is 9.59 Å². The summed E-state index contributed by atoms with van der Waals surface area (Å²) in [4.78, 5) is 27.0. The summed E-state index contributed by atoms with van der Waals surface area (Å²) in [6, 6.07) is 7.00. The van der Waals surface area contributed by atoms with Gasteiger partial charge in [0.05, 0.1) is 12.5 Å². The number of carbonyl (C=O) groups is 2. The van der Waals surface area contributed by atoms with Crippen LogP contribution in [0.3, 0.4) is 0 Å². The van der Waals surface area contributed by atoms with E-state index in [-0.39, 0.29) is 12.3 Å². The van der Waals surface area contributed by atoms with Crippen molar-refractivity contribution in [3.05, 3.63) is 54.2 Å². The predicted molar refractivity (Wildman–Crippen MR) is 75.1 cm³/mol. The number of nitrogens with one attached hydrogen (secondary N) is 2. The molecule has 2 rings (SSSR count). The normalized spacial score (nSPS) is 10.5. The van der Waals surface area contributed by atoms with E-state index in [1.807, 2.05) is 6.07 Å². The third-order valence-electron chi connectivity index (χ3n) is 2.46. The van der Waals surface area contributed by atoms with Gasteiger partial charge in [0.25, 0.3) is 0 Å². The number of hydrogen-bond acceptors (Lipinski definition) is 5. The lowest BCUT2D eigenvalue weighted by molar-refractivity contribution is -0.129. The van der Waals surface area contributed by atoms with E-state index >= 15 is 0 Å². The summed E-state index contributed by atoms with van der Waals surface area (Å²) in [5.41, 5.74) is 3.11. The molecule has 0 aliphatic heterocycles. The predicted octanol–water partition coefficient (Wildman–Crippen LogP) is 0.831. The van der Waals surface area contributed by atoms with E-state index in [2.05, 4.69) is 20.8 Å². The molecule has 2 amide bonds. The largest absolute Gasteiger partial charge is 0.463 e. The molecule has 0 fully saturated rings. The minimum Gasteiger partial charge on any atom is -0.463 e. The second kappa shape index (κ2) is 7.59. The summed E-state index contributed by atoms with van der Waals surface area (Å²) in [6.07, 6.45) is 5.85. The van der Waals surface area contributed by atoms with Crippen LogP contribution in [0.4, 0.5) is 0 Å². The molecular formula is C14H14N4O3. The fraction of sp³-hybridized carbons (Fsp3) is 0.143. The average Bonchev–Trinajstić information content (AvgIpc) is 2.99. The highest BCUT2D eigenvalue weighted by molar-refractivity contribution is 5.97. The van der Waals surface area contributed by atoms with Crippen molar-refractivity contribution in [1.29, 1.82) is 0 Å². The number of hydrogen-bond donors (Lipinski definition) is 2. The smallest absolute Gasteiger partial charge is 0.249 e. The van der Waals surface area contributed by atoms with Gasteiger partial charge in [0.15, 0.2) is 0 Å². The molecule has 2 heterocycles. The fourth-order valence-corrected chi connectivity index (χ4v) is 1.48. The number of furan rings is 1. The first-order valence-electron chi connectivity index (χ1n) is 6.25. The Morgan fingerprint density at radius 1 is 1.29 bits per heavy atom. The van der Waals surface area contributed by atoms with Crippen molar-refractivity contribution in [3.8, 4) is 0 Å². The second-order valence-electron chi connectivity index (χ2n) is 4.12. The maximum atomic E-state index is 11.6. The van der Waals surface area contributed by atoms with Gasteiger partial charge < -0.3 is 9.73 Å². The highest BCUT2D eigenvalue weighted by atomic mass is 16.3. The van der Waals surface area contributed by atoms with E-state index in [4.69, 9.17) is 4.42 Å². The number of aromatic nitrogens is 1. The molecule has 0 aromatic carbocycles. The molecule has 2 N–H and O–H groups in total. The van der Waals surface area contributed by atoms with Gasteiger partial charge in [0, 0.05) is 18.9 Å². The molecule has 21 heavy (non-hydrogen) atoms. The van der Waals surface area contributed by atoms with Gasteiger partial charge in [-0.15, -0.1) is 0 Å². The Bertz CT molecular complexity index is 608. The Morgan fingerprint density at radius 3 is 2.90 bits per heavy atom. The maximum absolute atomic E-state index is 11.6. The first-order chi connectivity index (χ1) is 10.2. The zero-order valence-corrected chi connectivity index (χ0v) is 11.2. The summed E-state index contributed by atoms with van der Waals surface area (Å²) in [6.45, 7) is 0.329. The van der Waals surface area contributed by atoms with Crippen molar-refractivity contribution < 1.29 is 14.0 Å². The number of rotatable bonds is 6. The van der Waals surface area contributed by atoms with Crippen LogP contribution in [0.2, 0.25) is 0 Å². The summed E-state index contributed by atoms with van der Waals surface area (Å²) in [5, 5.41) is 6.30. The van der Waals surface area contributed by atoms with Crippen LogP contribution in [-0.2, 0) is 16.1 Å². The van der Waals surface area contributed by atoms with E-state index in [0.717, 1.165) is 5.56 Å². The summed E-state index contributed by atoms with van der Waals surface area (Å²) in [5.74, 6) is -0.373. The van der Waals surface area contributed by atoms with Crippen LogP contribution < -0.4 is 10.7 Å². The quantitative estimate of drug-likeness (QED) is 0.467. The molecule has 108 valence electrons. The van der Waals surface area contributed by atoms with E-state index in [1.165, 1.54) is 12.5 Å². The molecule has 0 radical (unpaired) electrons. The van der Waals surface area contributed by atoms with Gasteiger partial charge in [-0.3, -0.25) is 14.6 Å². The minimum absolute atomic E-state index is 0.296. The van der Waals surface area contributed by atoms with Gasteiger partial charge in [-0.2, -0.15) is 5.10 Å². The first-order valence-corrected chi connectivity index (χ1v) is 6.25. The number of amides is 2. The van der Waals surface area contributed by atoms with Crippen LogP contribution in [0, 0.1) is 0 Å². The third kappa shape index (κ3) is 5.27. The van der Waals surface area contributed by atoms with Crippen LogP contribution in [-0.4, -0.2) is 23.0 Å². The lowest BCUT2D eigenvalue weighted by Gasteiger charge is -2.04. The third-order valence-corrected chi connectivity index (χ3v) is 2.46. The molecule has 0 aliphatic carbocycles. The van der Waals surface area contributed by atoms with Gasteiger partial charge in [0.1, 0.15) is 12.2 Å². The van der Waals surface area contributed by atoms with Crippen LogP contribution in [0.1, 0.15) is 17.7 Å². The summed E-state index contributed by atoms with van der Waals surface area (Å²) >= 11 is 0. The van der Waals surface area contributed by atoms with Gasteiger partial charge in [-0.05, 0) is 23.8 Å². The lowest BCUT2D eigenvalue weighted by Crippen LogP contribution is -2.29. The van der Waals surface area contributed by atoms with E-state index < -0.39 is 5.91 Å². The first kappa shape index (κ1) is 14.4. The van der Waals surface area contributed by atoms with E-state index in [0.29, 0.717) is 12.3 Å². The number of carbonyl (C=O) groups excluding carboxylic acids is 2. The van der Waals surface area contributed by atoms with Crippen molar-refractivity contribution >= 4 is 18.0 Å². The number of pyridine rings is 1. The zero-order valence-electron chi connectivity index (χ0n) is 11.2. The molecule has 2 aromatic heterocycles. The molecule has 0 unspecified atom stereocenters. The summed E-state index contributed by atoms with van der Waals surface area (Å²) < 4.78 is 5.00. The molecule has 7 heteroatoms. The Hall–Kier alpha value is -2.96. The Labute approximate surface area is 121 Å². The molecule has 7 nitrogen and oxygen atoms in total. The van der Waals surface area contributed by atoms with Crippen LogP contribution in [0.15, 0.2) is 52.4 Å². The highest BCUT2D eigenvalue weighted by Gasteiger charge is 2.08. The van der Waals surface area contributed by atoms with Crippen molar-refractivity contribution in [2.45, 2.75) is 13.0 Å². The van der Waals surface area contributed by atoms with Gasteiger partial charge in [-0.25, -0.2) is 5.43 Å². The highest BCUT2D eigenvalue weighted by Crippen LogP contribution is 1.95. The van der Waals surface area contributed by atoms with Crippen LogP contribution >= 0.6 is 0 Å². The standard InChI is InChI=1S/C14H14N4O3/c19-13(16-9-11-3-1-5-15-8-11)7-14(20)18-17-10-12-4-2-6-21-12/h1-6,8,10H,7,9H2,(H,16,19)(H,18,20)/b17-10+. The minimum atomic E-state index is -0.499. The molecular weight excluding hydrogens is 272 g/mol. The molecule has 2 aromatic rings. The SMILES string of the molecule is O=C(CC(=O)N/N=C/c1ccco1)NCc1cccnc1. The van der Waals surface area contributed by atoms with Gasteiger partial charge >= 0.3 is 0 Å². The zero-order chi connectivity index (χ0) is 14.9. The molecule has 0 saturated heterocycles. The molecule has 0 aliphatic rings. The monoisotopic (exact) mass is 286 g/mol. The Kier molecular flexibility index (Phi) is 5.22. The van der Waals surface area contributed by atoms with E-state index in [1.54, 1.807) is 30.6 Å². The van der Waals surface area contributed by atoms with Crippen LogP contribution in [0.5, 0.6) is 0 Å². The van der Waals surface area contributed by atoms with Gasteiger partial charge in [0.2, 0.25) is 11.8 Å². The van der Waals surface area contributed by atoms with Crippen molar-refractivity contribution in [2.75, 3.05) is 0 Å². The maximum Gasteiger partial charge on any atom is 0.249 e. The fourth-order valence-electron chi connectivity index (χ4n) is 1.48. The topological polar surface area (TPSA) is 96.6 Å². The molecule has 0 bridgehead atoms. The average molecular weight is 286 g/mol. The molecule has 0 saturated carbocycles. The molecule has 0 spiro atoms. The number of hydrazone groups is 1. The molecule has 0 atom stereocenters. The van der Waals surface area contributed by atoms with Gasteiger partial charge in [-0.1, -0.05) is 6.07 Å². The lowest BCUT2D eigenvalue weighted by atomic mass is 10.3. The second-order valence-corrected chi connectivity index (χ2v) is 4.12.